The van der Waals surface area contributed by atoms with Crippen molar-refractivity contribution >= 4 is 11.6 Å². The van der Waals surface area contributed by atoms with Crippen molar-refractivity contribution in [1.82, 2.24) is 4.90 Å². The van der Waals surface area contributed by atoms with E-state index in [1.165, 1.54) is 30.4 Å². The minimum atomic E-state index is 0.632. The Morgan fingerprint density at radius 2 is 2.10 bits per heavy atom. The predicted octanol–water partition coefficient (Wildman–Crippen LogP) is 4.11. The molecule has 0 unspecified atom stereocenters. The zero-order valence-electron chi connectivity index (χ0n) is 12.7. The van der Waals surface area contributed by atoms with Gasteiger partial charge in [0.05, 0.1) is 12.1 Å². The second-order valence-electron chi connectivity index (χ2n) is 6.51. The van der Waals surface area contributed by atoms with Gasteiger partial charge in [-0.3, -0.25) is 0 Å². The Bertz CT molecular complexity index is 502. The maximum Gasteiger partial charge on any atom is 0.137 e. The van der Waals surface area contributed by atoms with E-state index >= 15 is 0 Å². The number of likely N-dealkylation sites (N-methyl/N-ethyl adjacent to an activating group) is 1. The highest BCUT2D eigenvalue weighted by Crippen LogP contribution is 2.44. The minimum absolute atomic E-state index is 0.632. The second kappa shape index (κ2) is 5.57. The van der Waals surface area contributed by atoms with E-state index in [4.69, 9.17) is 16.3 Å². The standard InChI is InChI=1S/C17H24ClNO/c1-11-4-5-16-14(8-11)13-10-17(20-3)15(18)9-12(13)6-7-19(16)2/h9-11,14,16H,4-8H2,1-3H3/t11-,14-,16+/m1/s1. The molecule has 0 aromatic heterocycles. The molecule has 0 bridgehead atoms. The maximum absolute atomic E-state index is 6.32. The highest BCUT2D eigenvalue weighted by Gasteiger charge is 2.35. The first-order valence-electron chi connectivity index (χ1n) is 7.66. The molecule has 0 amide bonds. The highest BCUT2D eigenvalue weighted by molar-refractivity contribution is 6.32. The summed E-state index contributed by atoms with van der Waals surface area (Å²) in [5.41, 5.74) is 2.90. The van der Waals surface area contributed by atoms with E-state index in [0.717, 1.165) is 29.7 Å². The Hall–Kier alpha value is -0.730. The van der Waals surface area contributed by atoms with Gasteiger partial charge in [0, 0.05) is 18.5 Å². The maximum atomic E-state index is 6.32. The number of fused-ring (bicyclic) bond motifs is 3. The van der Waals surface area contributed by atoms with Crippen LogP contribution in [-0.4, -0.2) is 31.6 Å². The lowest BCUT2D eigenvalue weighted by atomic mass is 9.74. The topological polar surface area (TPSA) is 12.5 Å². The Morgan fingerprint density at radius 3 is 2.85 bits per heavy atom. The Labute approximate surface area is 127 Å². The number of methoxy groups -OCH3 is 1. The van der Waals surface area contributed by atoms with Crippen LogP contribution in [0.2, 0.25) is 5.02 Å². The van der Waals surface area contributed by atoms with Crippen LogP contribution < -0.4 is 4.74 Å². The van der Waals surface area contributed by atoms with Gasteiger partial charge in [-0.2, -0.15) is 0 Å². The van der Waals surface area contributed by atoms with Crippen molar-refractivity contribution < 1.29 is 4.74 Å². The van der Waals surface area contributed by atoms with Crippen LogP contribution in [0.3, 0.4) is 0 Å². The van der Waals surface area contributed by atoms with Crippen molar-refractivity contribution in [1.29, 1.82) is 0 Å². The first-order valence-corrected chi connectivity index (χ1v) is 8.04. The Balaban J connectivity index is 2.06. The quantitative estimate of drug-likeness (QED) is 0.773. The third-order valence-electron chi connectivity index (χ3n) is 5.19. The van der Waals surface area contributed by atoms with Gasteiger partial charge >= 0.3 is 0 Å². The Morgan fingerprint density at radius 1 is 1.30 bits per heavy atom. The summed E-state index contributed by atoms with van der Waals surface area (Å²) in [6.07, 6.45) is 5.04. The van der Waals surface area contributed by atoms with Crippen LogP contribution >= 0.6 is 11.6 Å². The van der Waals surface area contributed by atoms with E-state index in [0.29, 0.717) is 12.0 Å². The van der Waals surface area contributed by atoms with Crippen LogP contribution in [0.15, 0.2) is 12.1 Å². The fourth-order valence-electron chi connectivity index (χ4n) is 4.02. The molecule has 2 nitrogen and oxygen atoms in total. The molecule has 1 heterocycles. The molecule has 0 spiro atoms. The molecule has 1 aliphatic carbocycles. The fourth-order valence-corrected chi connectivity index (χ4v) is 4.28. The summed E-state index contributed by atoms with van der Waals surface area (Å²) in [7, 11) is 3.98. The molecule has 110 valence electrons. The average molecular weight is 294 g/mol. The summed E-state index contributed by atoms with van der Waals surface area (Å²) in [6.45, 7) is 3.51. The molecule has 1 aromatic carbocycles. The first kappa shape index (κ1) is 14.2. The number of nitrogens with zero attached hydrogens (tertiary/aromatic N) is 1. The molecule has 3 rings (SSSR count). The molecule has 3 heteroatoms. The summed E-state index contributed by atoms with van der Waals surface area (Å²) in [5, 5.41) is 0.746. The van der Waals surface area contributed by atoms with Gasteiger partial charge in [0.15, 0.2) is 0 Å². The van der Waals surface area contributed by atoms with Gasteiger partial charge in [0.25, 0.3) is 0 Å². The lowest BCUT2D eigenvalue weighted by Gasteiger charge is -2.39. The average Bonchev–Trinajstić information content (AvgIpc) is 2.56. The normalized spacial score (nSPS) is 30.3. The van der Waals surface area contributed by atoms with E-state index in [9.17, 15) is 0 Å². The summed E-state index contributed by atoms with van der Waals surface area (Å²) in [6, 6.07) is 5.01. The molecule has 0 saturated heterocycles. The van der Waals surface area contributed by atoms with Crippen molar-refractivity contribution in [2.75, 3.05) is 20.7 Å². The monoisotopic (exact) mass is 293 g/mol. The fraction of sp³-hybridized carbons (Fsp3) is 0.647. The van der Waals surface area contributed by atoms with E-state index < -0.39 is 0 Å². The predicted molar refractivity (Wildman–Crippen MR) is 83.9 cm³/mol. The van der Waals surface area contributed by atoms with Crippen molar-refractivity contribution in [3.05, 3.63) is 28.3 Å². The minimum Gasteiger partial charge on any atom is -0.495 e. The Kier molecular flexibility index (Phi) is 3.96. The van der Waals surface area contributed by atoms with Gasteiger partial charge in [0.1, 0.15) is 5.75 Å². The van der Waals surface area contributed by atoms with E-state index in [-0.39, 0.29) is 0 Å². The van der Waals surface area contributed by atoms with Crippen molar-refractivity contribution in [3.63, 3.8) is 0 Å². The molecule has 1 saturated carbocycles. The van der Waals surface area contributed by atoms with E-state index in [2.05, 4.69) is 31.0 Å². The number of halogens is 1. The molecule has 3 atom stereocenters. The van der Waals surface area contributed by atoms with Crippen LogP contribution in [0.5, 0.6) is 5.75 Å². The molecule has 0 N–H and O–H groups in total. The first-order chi connectivity index (χ1) is 9.60. The van der Waals surface area contributed by atoms with Crippen molar-refractivity contribution in [2.45, 2.75) is 44.6 Å². The number of hydrogen-bond acceptors (Lipinski definition) is 2. The van der Waals surface area contributed by atoms with Gasteiger partial charge < -0.3 is 9.64 Å². The molecule has 1 aliphatic heterocycles. The number of rotatable bonds is 1. The third-order valence-corrected chi connectivity index (χ3v) is 5.48. The third kappa shape index (κ3) is 2.44. The molecule has 1 aromatic rings. The highest BCUT2D eigenvalue weighted by atomic mass is 35.5. The van der Waals surface area contributed by atoms with Crippen LogP contribution in [0.1, 0.15) is 43.2 Å². The zero-order chi connectivity index (χ0) is 14.3. The van der Waals surface area contributed by atoms with Crippen LogP contribution in [0.4, 0.5) is 0 Å². The largest absolute Gasteiger partial charge is 0.495 e. The molecular weight excluding hydrogens is 270 g/mol. The molecule has 2 aliphatic rings. The van der Waals surface area contributed by atoms with Gasteiger partial charge in [0.2, 0.25) is 0 Å². The summed E-state index contributed by atoms with van der Waals surface area (Å²) >= 11 is 6.32. The second-order valence-corrected chi connectivity index (χ2v) is 6.92. The summed E-state index contributed by atoms with van der Waals surface area (Å²) < 4.78 is 5.44. The van der Waals surface area contributed by atoms with Crippen LogP contribution in [0, 0.1) is 5.92 Å². The SMILES string of the molecule is COc1cc2c(cc1Cl)CCN(C)[C@H]1CC[C@@H](C)C[C@H]21. The summed E-state index contributed by atoms with van der Waals surface area (Å²) in [4.78, 5) is 2.55. The lowest BCUT2D eigenvalue weighted by molar-refractivity contribution is 0.153. The van der Waals surface area contributed by atoms with Gasteiger partial charge in [-0.25, -0.2) is 0 Å². The van der Waals surface area contributed by atoms with Gasteiger partial charge in [-0.1, -0.05) is 18.5 Å². The van der Waals surface area contributed by atoms with Gasteiger partial charge in [-0.15, -0.1) is 0 Å². The van der Waals surface area contributed by atoms with Gasteiger partial charge in [-0.05, 0) is 61.9 Å². The number of hydrogen-bond donors (Lipinski definition) is 0. The van der Waals surface area contributed by atoms with Crippen molar-refractivity contribution in [3.8, 4) is 5.75 Å². The van der Waals surface area contributed by atoms with Crippen LogP contribution in [0.25, 0.3) is 0 Å². The molecule has 1 fully saturated rings. The summed E-state index contributed by atoms with van der Waals surface area (Å²) in [5.74, 6) is 2.27. The molecular formula is C17H24ClNO. The molecule has 20 heavy (non-hydrogen) atoms. The van der Waals surface area contributed by atoms with E-state index in [1.807, 2.05) is 0 Å². The number of ether oxygens (including phenoxy) is 1. The molecule has 0 radical (unpaired) electrons. The smallest absolute Gasteiger partial charge is 0.137 e. The van der Waals surface area contributed by atoms with Crippen LogP contribution in [-0.2, 0) is 6.42 Å². The number of benzene rings is 1. The van der Waals surface area contributed by atoms with E-state index in [1.54, 1.807) is 7.11 Å². The lowest BCUT2D eigenvalue weighted by Crippen LogP contribution is -2.39. The van der Waals surface area contributed by atoms with Crippen molar-refractivity contribution in [2.24, 2.45) is 5.92 Å². The zero-order valence-corrected chi connectivity index (χ0v) is 13.4.